The van der Waals surface area contributed by atoms with Gasteiger partial charge in [-0.2, -0.15) is 0 Å². The third kappa shape index (κ3) is 1.89. The van der Waals surface area contributed by atoms with Gasteiger partial charge in [0.2, 0.25) is 0 Å². The molecule has 0 aliphatic rings. The number of halogens is 2. The van der Waals surface area contributed by atoms with Gasteiger partial charge in [-0.25, -0.2) is 8.78 Å². The first-order valence-electron chi connectivity index (χ1n) is 4.89. The molecule has 0 atom stereocenters. The molecule has 0 fully saturated rings. The Morgan fingerprint density at radius 2 is 1.75 bits per heavy atom. The molecule has 0 unspecified atom stereocenters. The van der Waals surface area contributed by atoms with Crippen molar-refractivity contribution < 1.29 is 8.78 Å². The maximum atomic E-state index is 13.6. The van der Waals surface area contributed by atoms with Crippen molar-refractivity contribution in [3.05, 3.63) is 53.6 Å². The highest BCUT2D eigenvalue weighted by atomic mass is 19.1. The van der Waals surface area contributed by atoms with Crippen molar-refractivity contribution in [1.29, 1.82) is 0 Å². The topological polar surface area (TPSA) is 26.0 Å². The largest absolute Gasteiger partial charge is 0.399 e. The summed E-state index contributed by atoms with van der Waals surface area (Å²) in [6.07, 6.45) is 0. The van der Waals surface area contributed by atoms with E-state index in [2.05, 4.69) is 0 Å². The molecule has 0 amide bonds. The zero-order valence-electron chi connectivity index (χ0n) is 8.80. The van der Waals surface area contributed by atoms with E-state index in [9.17, 15) is 8.78 Å². The van der Waals surface area contributed by atoms with Gasteiger partial charge in [0.05, 0.1) is 0 Å². The van der Waals surface area contributed by atoms with Crippen LogP contribution < -0.4 is 5.73 Å². The second-order valence-corrected chi connectivity index (χ2v) is 3.71. The maximum absolute atomic E-state index is 13.6. The zero-order chi connectivity index (χ0) is 11.7. The van der Waals surface area contributed by atoms with Gasteiger partial charge < -0.3 is 5.73 Å². The fourth-order valence-electron chi connectivity index (χ4n) is 1.57. The van der Waals surface area contributed by atoms with Crippen molar-refractivity contribution in [2.45, 2.75) is 6.92 Å². The Balaban J connectivity index is 2.60. The van der Waals surface area contributed by atoms with E-state index in [1.54, 1.807) is 24.3 Å². The van der Waals surface area contributed by atoms with Crippen LogP contribution in [0.2, 0.25) is 0 Å². The predicted molar refractivity (Wildman–Crippen MR) is 60.9 cm³/mol. The standard InChI is InChI=1S/C13H11F2N/c1-8-5-13(15)11(7-12(8)14)9-3-2-4-10(16)6-9/h2-7H,16H2,1H3. The SMILES string of the molecule is Cc1cc(F)c(-c2cccc(N)c2)cc1F. The van der Waals surface area contributed by atoms with Crippen molar-refractivity contribution in [3.63, 3.8) is 0 Å². The average molecular weight is 219 g/mol. The lowest BCUT2D eigenvalue weighted by Gasteiger charge is -2.06. The number of hydrogen-bond donors (Lipinski definition) is 1. The molecule has 82 valence electrons. The summed E-state index contributed by atoms with van der Waals surface area (Å²) >= 11 is 0. The molecule has 0 spiro atoms. The van der Waals surface area contributed by atoms with E-state index in [-0.39, 0.29) is 5.56 Å². The summed E-state index contributed by atoms with van der Waals surface area (Å²) in [7, 11) is 0. The molecule has 0 aliphatic carbocycles. The first-order valence-corrected chi connectivity index (χ1v) is 4.89. The van der Waals surface area contributed by atoms with Crippen LogP contribution in [0.25, 0.3) is 11.1 Å². The minimum Gasteiger partial charge on any atom is -0.399 e. The summed E-state index contributed by atoms with van der Waals surface area (Å²) < 4.78 is 27.0. The minimum absolute atomic E-state index is 0.232. The van der Waals surface area contributed by atoms with Gasteiger partial charge in [-0.1, -0.05) is 12.1 Å². The van der Waals surface area contributed by atoms with E-state index in [4.69, 9.17) is 5.73 Å². The van der Waals surface area contributed by atoms with Crippen molar-refractivity contribution in [1.82, 2.24) is 0 Å². The van der Waals surface area contributed by atoms with Crippen LogP contribution in [-0.2, 0) is 0 Å². The van der Waals surface area contributed by atoms with E-state index >= 15 is 0 Å². The van der Waals surface area contributed by atoms with E-state index in [1.165, 1.54) is 19.1 Å². The number of nitrogens with two attached hydrogens (primary N) is 1. The van der Waals surface area contributed by atoms with Crippen LogP contribution in [0.5, 0.6) is 0 Å². The Hall–Kier alpha value is -1.90. The van der Waals surface area contributed by atoms with Crippen LogP contribution in [0.3, 0.4) is 0 Å². The lowest BCUT2D eigenvalue weighted by Crippen LogP contribution is -1.91. The number of benzene rings is 2. The summed E-state index contributed by atoms with van der Waals surface area (Å²) in [6, 6.07) is 9.11. The molecule has 1 nitrogen and oxygen atoms in total. The molecule has 0 radical (unpaired) electrons. The summed E-state index contributed by atoms with van der Waals surface area (Å²) in [5.41, 5.74) is 7.23. The van der Waals surface area contributed by atoms with E-state index in [1.807, 2.05) is 0 Å². The molecular weight excluding hydrogens is 208 g/mol. The second kappa shape index (κ2) is 3.93. The Morgan fingerprint density at radius 1 is 1.00 bits per heavy atom. The second-order valence-electron chi connectivity index (χ2n) is 3.71. The van der Waals surface area contributed by atoms with Crippen LogP contribution in [0.15, 0.2) is 36.4 Å². The summed E-state index contributed by atoms with van der Waals surface area (Å²) in [6.45, 7) is 1.53. The third-order valence-corrected chi connectivity index (χ3v) is 2.45. The first-order chi connectivity index (χ1) is 7.58. The molecule has 0 aliphatic heterocycles. The van der Waals surface area contributed by atoms with E-state index in [0.717, 1.165) is 0 Å². The monoisotopic (exact) mass is 219 g/mol. The molecule has 3 heteroatoms. The first kappa shape index (κ1) is 10.6. The summed E-state index contributed by atoms with van der Waals surface area (Å²) in [5.74, 6) is -0.858. The fraction of sp³-hybridized carbons (Fsp3) is 0.0769. The molecule has 2 aromatic carbocycles. The van der Waals surface area contributed by atoms with Gasteiger partial charge in [0, 0.05) is 11.3 Å². The molecule has 0 aromatic heterocycles. The van der Waals surface area contributed by atoms with E-state index < -0.39 is 11.6 Å². The predicted octanol–water partition coefficient (Wildman–Crippen LogP) is 3.52. The summed E-state index contributed by atoms with van der Waals surface area (Å²) in [4.78, 5) is 0. The van der Waals surface area contributed by atoms with Crippen LogP contribution in [-0.4, -0.2) is 0 Å². The maximum Gasteiger partial charge on any atom is 0.131 e. The normalized spacial score (nSPS) is 10.4. The Morgan fingerprint density at radius 3 is 2.44 bits per heavy atom. The van der Waals surface area contributed by atoms with Crippen LogP contribution in [0.1, 0.15) is 5.56 Å². The molecule has 2 N–H and O–H groups in total. The number of aryl methyl sites for hydroxylation is 1. The zero-order valence-corrected chi connectivity index (χ0v) is 8.80. The lowest BCUT2D eigenvalue weighted by molar-refractivity contribution is 0.595. The van der Waals surface area contributed by atoms with Crippen LogP contribution >= 0.6 is 0 Å². The molecule has 0 saturated heterocycles. The molecule has 2 aromatic rings. The molecule has 2 rings (SSSR count). The Labute approximate surface area is 92.5 Å². The van der Waals surface area contributed by atoms with Crippen LogP contribution in [0, 0.1) is 18.6 Å². The van der Waals surface area contributed by atoms with Gasteiger partial charge in [0.1, 0.15) is 11.6 Å². The van der Waals surface area contributed by atoms with Gasteiger partial charge in [-0.05, 0) is 42.3 Å². The average Bonchev–Trinajstić information content (AvgIpc) is 2.23. The van der Waals surface area contributed by atoms with Gasteiger partial charge in [-0.3, -0.25) is 0 Å². The molecular formula is C13H11F2N. The third-order valence-electron chi connectivity index (χ3n) is 2.45. The quantitative estimate of drug-likeness (QED) is 0.729. The van der Waals surface area contributed by atoms with Gasteiger partial charge in [0.15, 0.2) is 0 Å². The minimum atomic E-state index is -0.440. The Kier molecular flexibility index (Phi) is 2.60. The smallest absolute Gasteiger partial charge is 0.131 e. The molecule has 0 heterocycles. The molecule has 16 heavy (non-hydrogen) atoms. The number of anilines is 1. The highest BCUT2D eigenvalue weighted by Gasteiger charge is 2.09. The number of hydrogen-bond acceptors (Lipinski definition) is 1. The Bertz CT molecular complexity index is 535. The highest BCUT2D eigenvalue weighted by Crippen LogP contribution is 2.26. The van der Waals surface area contributed by atoms with Crippen molar-refractivity contribution >= 4 is 5.69 Å². The van der Waals surface area contributed by atoms with Gasteiger partial charge in [-0.15, -0.1) is 0 Å². The van der Waals surface area contributed by atoms with Crippen molar-refractivity contribution in [2.75, 3.05) is 5.73 Å². The van der Waals surface area contributed by atoms with E-state index in [0.29, 0.717) is 16.8 Å². The van der Waals surface area contributed by atoms with Gasteiger partial charge in [0.25, 0.3) is 0 Å². The van der Waals surface area contributed by atoms with Crippen molar-refractivity contribution in [2.24, 2.45) is 0 Å². The fourth-order valence-corrected chi connectivity index (χ4v) is 1.57. The summed E-state index contributed by atoms with van der Waals surface area (Å²) in [5, 5.41) is 0. The highest BCUT2D eigenvalue weighted by molar-refractivity contribution is 5.68. The molecule has 0 bridgehead atoms. The number of nitrogen functional groups attached to an aromatic ring is 1. The van der Waals surface area contributed by atoms with Crippen molar-refractivity contribution in [3.8, 4) is 11.1 Å². The van der Waals surface area contributed by atoms with Crippen LogP contribution in [0.4, 0.5) is 14.5 Å². The lowest BCUT2D eigenvalue weighted by atomic mass is 10.0. The molecule has 0 saturated carbocycles. The number of rotatable bonds is 1. The van der Waals surface area contributed by atoms with Gasteiger partial charge >= 0.3 is 0 Å².